The summed E-state index contributed by atoms with van der Waals surface area (Å²) in [5.41, 5.74) is 4.42. The van der Waals surface area contributed by atoms with Crippen LogP contribution < -0.4 is 5.73 Å². The average Bonchev–Trinajstić information content (AvgIpc) is 1.83. The summed E-state index contributed by atoms with van der Waals surface area (Å²) in [5, 5.41) is 6.64. The molecular formula is C4H8NO6S2. The zero-order valence-electron chi connectivity index (χ0n) is 6.59. The van der Waals surface area contributed by atoms with Crippen LogP contribution in [-0.4, -0.2) is 40.0 Å². The van der Waals surface area contributed by atoms with E-state index >= 15 is 0 Å². The summed E-state index contributed by atoms with van der Waals surface area (Å²) in [5.74, 6) is 0. The normalized spacial score (nSPS) is 13.2. The molecule has 1 radical (unpaired) electrons. The molecule has 0 atom stereocenters. The maximum absolute atomic E-state index is 10.9. The predicted octanol–water partition coefficient (Wildman–Crippen LogP) is -1.99. The van der Waals surface area contributed by atoms with Gasteiger partial charge in [-0.3, -0.25) is 4.79 Å². The van der Waals surface area contributed by atoms with Crippen molar-refractivity contribution in [3.8, 4) is 0 Å². The number of carbonyl (C=O) groups excluding carboxylic acids is 1. The van der Waals surface area contributed by atoms with E-state index in [1.54, 1.807) is 0 Å². The molecule has 1 amide bonds. The number of sulfone groups is 2. The lowest BCUT2D eigenvalue weighted by molar-refractivity contribution is 0.264. The largest absolute Gasteiger partial charge is 0.394 e. The van der Waals surface area contributed by atoms with Crippen LogP contribution in [0.3, 0.4) is 0 Å². The number of primary amides is 1. The second-order valence-electron chi connectivity index (χ2n) is 2.12. The Morgan fingerprint density at radius 3 is 1.77 bits per heavy atom. The van der Waals surface area contributed by atoms with Crippen LogP contribution in [-0.2, 0) is 19.7 Å². The lowest BCUT2D eigenvalue weighted by Crippen LogP contribution is -2.33. The highest BCUT2D eigenvalue weighted by molar-refractivity contribution is 8.20. The first-order valence-electron chi connectivity index (χ1n) is 2.85. The van der Waals surface area contributed by atoms with Gasteiger partial charge in [0.25, 0.3) is 9.84 Å². The first-order chi connectivity index (χ1) is 5.64. The van der Waals surface area contributed by atoms with Crippen molar-refractivity contribution in [3.05, 3.63) is 4.58 Å². The maximum Gasteiger partial charge on any atom is 0.335 e. The molecule has 0 unspecified atom stereocenters. The van der Waals surface area contributed by atoms with Gasteiger partial charge >= 0.3 is 5.24 Å². The fourth-order valence-corrected chi connectivity index (χ4v) is 2.98. The van der Waals surface area contributed by atoms with E-state index in [1.807, 2.05) is 0 Å². The van der Waals surface area contributed by atoms with Crippen molar-refractivity contribution in [1.29, 1.82) is 0 Å². The van der Waals surface area contributed by atoms with Gasteiger partial charge in [-0.2, -0.15) is 0 Å². The van der Waals surface area contributed by atoms with Crippen LogP contribution in [0.15, 0.2) is 0 Å². The lowest BCUT2D eigenvalue weighted by atomic mass is 10.9. The Morgan fingerprint density at radius 2 is 1.69 bits per heavy atom. The summed E-state index contributed by atoms with van der Waals surface area (Å²) in [4.78, 5) is 10.3. The number of amides is 1. The summed E-state index contributed by atoms with van der Waals surface area (Å²) in [6, 6.07) is 0. The third-order valence-corrected chi connectivity index (χ3v) is 4.89. The Labute approximate surface area is 75.4 Å². The Morgan fingerprint density at radius 1 is 1.31 bits per heavy atom. The Balaban J connectivity index is 5.40. The molecule has 0 saturated heterocycles. The topological polar surface area (TPSA) is 132 Å². The van der Waals surface area contributed by atoms with Crippen LogP contribution in [0.2, 0.25) is 0 Å². The second-order valence-corrected chi connectivity index (χ2v) is 6.32. The Kier molecular flexibility index (Phi) is 3.41. The van der Waals surface area contributed by atoms with Crippen LogP contribution in [0.5, 0.6) is 0 Å². The third-order valence-electron chi connectivity index (χ3n) is 1.11. The molecule has 0 aliphatic heterocycles. The minimum absolute atomic E-state index is 0.555. The molecule has 0 saturated carbocycles. The van der Waals surface area contributed by atoms with Crippen molar-refractivity contribution in [2.75, 3.05) is 12.9 Å². The molecule has 0 fully saturated rings. The van der Waals surface area contributed by atoms with Gasteiger partial charge in [-0.25, -0.2) is 16.8 Å². The first kappa shape index (κ1) is 12.3. The fraction of sp³-hybridized carbons (Fsp3) is 0.500. The van der Waals surface area contributed by atoms with Crippen molar-refractivity contribution in [2.24, 2.45) is 5.73 Å². The highest BCUT2D eigenvalue weighted by Gasteiger charge is 2.39. The van der Waals surface area contributed by atoms with Gasteiger partial charge in [-0.05, 0) is 0 Å². The molecule has 13 heavy (non-hydrogen) atoms. The first-order valence-corrected chi connectivity index (χ1v) is 6.22. The minimum Gasteiger partial charge on any atom is -0.394 e. The lowest BCUT2D eigenvalue weighted by Gasteiger charge is -2.07. The highest BCUT2D eigenvalue weighted by Crippen LogP contribution is 2.17. The van der Waals surface area contributed by atoms with Gasteiger partial charge in [0.15, 0.2) is 9.84 Å². The number of aliphatic hydroxyl groups excluding tert-OH is 1. The molecule has 9 heteroatoms. The van der Waals surface area contributed by atoms with Crippen LogP contribution in [0.4, 0.5) is 4.79 Å². The van der Waals surface area contributed by atoms with Gasteiger partial charge in [-0.1, -0.05) is 0 Å². The van der Waals surface area contributed by atoms with Crippen LogP contribution in [0, 0.1) is 4.58 Å². The maximum atomic E-state index is 10.9. The molecule has 0 rings (SSSR count). The summed E-state index contributed by atoms with van der Waals surface area (Å²) >= 11 is 0. The summed E-state index contributed by atoms with van der Waals surface area (Å²) in [6.45, 7) is -1.27. The average molecular weight is 230 g/mol. The van der Waals surface area contributed by atoms with Crippen LogP contribution in [0.25, 0.3) is 0 Å². The number of carbonyl (C=O) groups is 1. The molecule has 0 aromatic heterocycles. The van der Waals surface area contributed by atoms with Gasteiger partial charge in [-0.15, -0.1) is 0 Å². The van der Waals surface area contributed by atoms with Gasteiger partial charge in [0.05, 0.1) is 6.61 Å². The second kappa shape index (κ2) is 3.60. The smallest absolute Gasteiger partial charge is 0.335 e. The minimum atomic E-state index is -4.73. The van der Waals surface area contributed by atoms with Crippen molar-refractivity contribution < 1.29 is 26.7 Å². The standard InChI is InChI=1S/C4H8NO6S2/c1-12(8,9)3(2-6)13(10,11)4(5)7/h6H,2H2,1H3,(H2,5,7). The zero-order chi connectivity index (χ0) is 10.9. The quantitative estimate of drug-likeness (QED) is 0.576. The molecule has 77 valence electrons. The van der Waals surface area contributed by atoms with E-state index in [-0.39, 0.29) is 0 Å². The molecule has 0 spiro atoms. The summed E-state index contributed by atoms with van der Waals surface area (Å²) in [7, 11) is -8.87. The van der Waals surface area contributed by atoms with Crippen molar-refractivity contribution in [3.63, 3.8) is 0 Å². The number of nitrogens with two attached hydrogens (primary N) is 1. The highest BCUT2D eigenvalue weighted by atomic mass is 32.3. The fourth-order valence-electron chi connectivity index (χ4n) is 0.514. The monoisotopic (exact) mass is 230 g/mol. The molecule has 0 heterocycles. The van der Waals surface area contributed by atoms with Crippen molar-refractivity contribution in [1.82, 2.24) is 0 Å². The van der Waals surface area contributed by atoms with Crippen molar-refractivity contribution in [2.45, 2.75) is 0 Å². The third kappa shape index (κ3) is 2.64. The van der Waals surface area contributed by atoms with E-state index in [0.29, 0.717) is 6.26 Å². The number of hydrogen-bond donors (Lipinski definition) is 2. The Bertz CT molecular complexity index is 392. The molecule has 0 aliphatic carbocycles. The van der Waals surface area contributed by atoms with E-state index in [4.69, 9.17) is 5.11 Å². The van der Waals surface area contributed by atoms with Crippen LogP contribution in [0.1, 0.15) is 0 Å². The van der Waals surface area contributed by atoms with E-state index in [2.05, 4.69) is 5.73 Å². The van der Waals surface area contributed by atoms with E-state index < -0.39 is 36.1 Å². The zero-order valence-corrected chi connectivity index (χ0v) is 8.22. The van der Waals surface area contributed by atoms with E-state index in [1.165, 1.54) is 0 Å². The Hall–Kier alpha value is -0.670. The molecule has 7 nitrogen and oxygen atoms in total. The molecule has 0 aromatic carbocycles. The van der Waals surface area contributed by atoms with Gasteiger partial charge < -0.3 is 10.8 Å². The number of rotatable bonds is 3. The molecule has 0 aromatic rings. The van der Waals surface area contributed by atoms with Crippen molar-refractivity contribution >= 4 is 24.9 Å². The van der Waals surface area contributed by atoms with Crippen LogP contribution >= 0.6 is 0 Å². The summed E-state index contributed by atoms with van der Waals surface area (Å²) in [6.07, 6.45) is 0.555. The van der Waals surface area contributed by atoms with Gasteiger partial charge in [0.2, 0.25) is 4.58 Å². The number of aliphatic hydroxyl groups is 1. The summed E-state index contributed by atoms with van der Waals surface area (Å²) < 4.78 is 41.9. The molecule has 3 N–H and O–H groups in total. The predicted molar refractivity (Wildman–Crippen MR) is 43.7 cm³/mol. The number of hydrogen-bond acceptors (Lipinski definition) is 6. The molecular weight excluding hydrogens is 222 g/mol. The molecule has 0 aliphatic rings. The van der Waals surface area contributed by atoms with Gasteiger partial charge in [0.1, 0.15) is 0 Å². The van der Waals surface area contributed by atoms with E-state index in [9.17, 15) is 21.6 Å². The SMILES string of the molecule is CS(=O)(=O)[C](CO)S(=O)(=O)C(N)=O. The molecule has 0 bridgehead atoms. The van der Waals surface area contributed by atoms with E-state index in [0.717, 1.165) is 0 Å². The van der Waals surface area contributed by atoms with Gasteiger partial charge in [0, 0.05) is 6.26 Å².